The first-order valence-electron chi connectivity index (χ1n) is 5.75. The molecule has 0 aromatic carbocycles. The molecule has 2 aromatic rings. The predicted molar refractivity (Wildman–Crippen MR) is 69.9 cm³/mol. The van der Waals surface area contributed by atoms with E-state index in [0.717, 1.165) is 0 Å². The molecule has 2 aromatic heterocycles. The number of rotatable bonds is 5. The summed E-state index contributed by atoms with van der Waals surface area (Å²) in [4.78, 5) is 20.4. The second-order valence-corrected chi connectivity index (χ2v) is 4.03. The normalized spacial score (nSPS) is 10.7. The van der Waals surface area contributed by atoms with Gasteiger partial charge in [0.05, 0.1) is 31.7 Å². The summed E-state index contributed by atoms with van der Waals surface area (Å²) in [7, 11) is 6.52. The van der Waals surface area contributed by atoms with Crippen LogP contribution >= 0.6 is 0 Å². The van der Waals surface area contributed by atoms with Gasteiger partial charge in [-0.25, -0.2) is 0 Å². The van der Waals surface area contributed by atoms with Gasteiger partial charge in [-0.3, -0.25) is 4.79 Å². The summed E-state index contributed by atoms with van der Waals surface area (Å²) in [5, 5.41) is 3.44. The fourth-order valence-corrected chi connectivity index (χ4v) is 1.93. The van der Waals surface area contributed by atoms with Gasteiger partial charge in [0.15, 0.2) is 11.4 Å². The third kappa shape index (κ3) is 2.24. The van der Waals surface area contributed by atoms with Crippen LogP contribution in [0.5, 0.6) is 11.9 Å². The van der Waals surface area contributed by atoms with Crippen LogP contribution in [-0.2, 0) is 7.05 Å². The van der Waals surface area contributed by atoms with E-state index in [1.54, 1.807) is 17.8 Å². The number of likely N-dealkylation sites (N-methyl/N-ethyl adjacent to an activating group) is 1. The minimum atomic E-state index is -0.0415. The van der Waals surface area contributed by atoms with Crippen molar-refractivity contribution in [2.75, 3.05) is 27.8 Å². The second kappa shape index (κ2) is 5.23. The van der Waals surface area contributed by atoms with Crippen molar-refractivity contribution in [3.05, 3.63) is 11.8 Å². The van der Waals surface area contributed by atoms with Crippen molar-refractivity contribution < 1.29 is 14.3 Å². The third-order valence-corrected chi connectivity index (χ3v) is 2.78. The smallest absolute Gasteiger partial charge is 0.321 e. The van der Waals surface area contributed by atoms with E-state index >= 15 is 0 Å². The summed E-state index contributed by atoms with van der Waals surface area (Å²) >= 11 is 0. The molecule has 0 saturated heterocycles. The Morgan fingerprint density at radius 1 is 1.37 bits per heavy atom. The van der Waals surface area contributed by atoms with Crippen LogP contribution in [-0.4, -0.2) is 48.1 Å². The number of methoxy groups -OCH3 is 2. The maximum Gasteiger partial charge on any atom is 0.321 e. The standard InChI is InChI=1S/C12H16N4O3/c1-13-5-8(17)7-6-16(2)10-9(7)11(18-3)15-12(14-10)19-4/h6,13H,5H2,1-4H3. The largest absolute Gasteiger partial charge is 0.480 e. The number of nitrogens with one attached hydrogen (secondary N) is 1. The van der Waals surface area contributed by atoms with Gasteiger partial charge < -0.3 is 19.4 Å². The van der Waals surface area contributed by atoms with Crippen LogP contribution in [0.25, 0.3) is 11.0 Å². The second-order valence-electron chi connectivity index (χ2n) is 4.03. The number of Topliss-reactive ketones (excluding diaryl/α,β-unsaturated/α-hetero) is 1. The highest BCUT2D eigenvalue weighted by atomic mass is 16.5. The predicted octanol–water partition coefficient (Wildman–Crippen LogP) is 0.388. The average molecular weight is 264 g/mol. The van der Waals surface area contributed by atoms with Crippen molar-refractivity contribution in [2.45, 2.75) is 0 Å². The fraction of sp³-hybridized carbons (Fsp3) is 0.417. The Hall–Kier alpha value is -2.15. The first-order valence-corrected chi connectivity index (χ1v) is 5.75. The number of hydrogen-bond acceptors (Lipinski definition) is 6. The van der Waals surface area contributed by atoms with Crippen LogP contribution < -0.4 is 14.8 Å². The van der Waals surface area contributed by atoms with Crippen LogP contribution in [0.1, 0.15) is 10.4 Å². The third-order valence-electron chi connectivity index (χ3n) is 2.78. The monoisotopic (exact) mass is 264 g/mol. The number of nitrogens with zero attached hydrogens (tertiary/aromatic N) is 3. The number of carbonyl (C=O) groups excluding carboxylic acids is 1. The first-order chi connectivity index (χ1) is 9.12. The molecular weight excluding hydrogens is 248 g/mol. The van der Waals surface area contributed by atoms with E-state index in [0.29, 0.717) is 22.5 Å². The first kappa shape index (κ1) is 13.3. The summed E-state index contributed by atoms with van der Waals surface area (Å²) in [6.45, 7) is 0.244. The number of fused-ring (bicyclic) bond motifs is 1. The molecule has 0 aliphatic rings. The molecule has 0 unspecified atom stereocenters. The van der Waals surface area contributed by atoms with Gasteiger partial charge in [-0.05, 0) is 7.05 Å². The maximum atomic E-state index is 12.1. The highest BCUT2D eigenvalue weighted by molar-refractivity contribution is 6.09. The lowest BCUT2D eigenvalue weighted by Gasteiger charge is -2.05. The zero-order chi connectivity index (χ0) is 14.0. The van der Waals surface area contributed by atoms with Gasteiger partial charge in [0.2, 0.25) is 5.88 Å². The van der Waals surface area contributed by atoms with Crippen LogP contribution in [0.2, 0.25) is 0 Å². The molecule has 19 heavy (non-hydrogen) atoms. The van der Waals surface area contributed by atoms with Crippen LogP contribution in [0, 0.1) is 0 Å². The molecular formula is C12H16N4O3. The van der Waals surface area contributed by atoms with E-state index < -0.39 is 0 Å². The SMILES string of the molecule is CNCC(=O)c1cn(C)c2nc(OC)nc(OC)c12. The Morgan fingerprint density at radius 2 is 2.11 bits per heavy atom. The highest BCUT2D eigenvalue weighted by Crippen LogP contribution is 2.29. The zero-order valence-electron chi connectivity index (χ0n) is 11.4. The highest BCUT2D eigenvalue weighted by Gasteiger charge is 2.20. The topological polar surface area (TPSA) is 78.3 Å². The van der Waals surface area contributed by atoms with E-state index in [2.05, 4.69) is 15.3 Å². The number of ether oxygens (including phenoxy) is 2. The van der Waals surface area contributed by atoms with Gasteiger partial charge in [-0.1, -0.05) is 0 Å². The maximum absolute atomic E-state index is 12.1. The molecule has 2 heterocycles. The molecule has 0 aliphatic carbocycles. The number of carbonyl (C=O) groups is 1. The molecule has 0 aliphatic heterocycles. The molecule has 0 spiro atoms. The van der Waals surface area contributed by atoms with Gasteiger partial charge in [0.25, 0.3) is 0 Å². The lowest BCUT2D eigenvalue weighted by molar-refractivity contribution is 0.0994. The van der Waals surface area contributed by atoms with Crippen LogP contribution in [0.3, 0.4) is 0 Å². The number of aryl methyl sites for hydroxylation is 1. The van der Waals surface area contributed by atoms with Crippen LogP contribution in [0.15, 0.2) is 6.20 Å². The van der Waals surface area contributed by atoms with Gasteiger partial charge >= 0.3 is 6.01 Å². The summed E-state index contributed by atoms with van der Waals surface area (Å²) in [5.74, 6) is 0.294. The van der Waals surface area contributed by atoms with Gasteiger partial charge in [-0.15, -0.1) is 0 Å². The Morgan fingerprint density at radius 3 is 2.68 bits per heavy atom. The number of aromatic nitrogens is 3. The van der Waals surface area contributed by atoms with Crippen molar-refractivity contribution in [3.63, 3.8) is 0 Å². The molecule has 7 heteroatoms. The summed E-state index contributed by atoms with van der Waals surface area (Å²) in [6.07, 6.45) is 1.72. The van der Waals surface area contributed by atoms with E-state index in [1.165, 1.54) is 14.2 Å². The van der Waals surface area contributed by atoms with Gasteiger partial charge in [0, 0.05) is 13.2 Å². The Bertz CT molecular complexity index is 621. The van der Waals surface area contributed by atoms with E-state index in [-0.39, 0.29) is 18.3 Å². The summed E-state index contributed by atoms with van der Waals surface area (Å²) < 4.78 is 12.0. The van der Waals surface area contributed by atoms with Crippen molar-refractivity contribution >= 4 is 16.8 Å². The zero-order valence-corrected chi connectivity index (χ0v) is 11.4. The lowest BCUT2D eigenvalue weighted by Crippen LogP contribution is -2.18. The van der Waals surface area contributed by atoms with Crippen molar-refractivity contribution in [2.24, 2.45) is 7.05 Å². The minimum absolute atomic E-state index is 0.0415. The van der Waals surface area contributed by atoms with E-state index in [1.807, 2.05) is 7.05 Å². The van der Waals surface area contributed by atoms with Crippen molar-refractivity contribution in [1.29, 1.82) is 0 Å². The summed E-state index contributed by atoms with van der Waals surface area (Å²) in [6, 6.07) is 0.207. The molecule has 0 atom stereocenters. The minimum Gasteiger partial charge on any atom is -0.480 e. The number of ketones is 1. The van der Waals surface area contributed by atoms with Crippen molar-refractivity contribution in [3.8, 4) is 11.9 Å². The summed E-state index contributed by atoms with van der Waals surface area (Å²) in [5.41, 5.74) is 1.13. The van der Waals surface area contributed by atoms with E-state index in [9.17, 15) is 4.79 Å². The van der Waals surface area contributed by atoms with Gasteiger partial charge in [-0.2, -0.15) is 9.97 Å². The Labute approximate surface area is 110 Å². The molecule has 7 nitrogen and oxygen atoms in total. The molecule has 0 radical (unpaired) electrons. The molecule has 0 amide bonds. The average Bonchev–Trinajstić information content (AvgIpc) is 2.75. The fourth-order valence-electron chi connectivity index (χ4n) is 1.93. The van der Waals surface area contributed by atoms with E-state index in [4.69, 9.17) is 9.47 Å². The molecule has 0 bridgehead atoms. The lowest BCUT2D eigenvalue weighted by atomic mass is 10.1. The Balaban J connectivity index is 2.70. The Kier molecular flexibility index (Phi) is 3.66. The van der Waals surface area contributed by atoms with Gasteiger partial charge in [0.1, 0.15) is 0 Å². The quantitative estimate of drug-likeness (QED) is 0.787. The number of hydrogen-bond donors (Lipinski definition) is 1. The molecule has 0 fully saturated rings. The van der Waals surface area contributed by atoms with Crippen molar-refractivity contribution in [1.82, 2.24) is 19.9 Å². The molecule has 0 saturated carbocycles. The molecule has 102 valence electrons. The molecule has 1 N–H and O–H groups in total. The van der Waals surface area contributed by atoms with Crippen LogP contribution in [0.4, 0.5) is 0 Å². The molecule has 2 rings (SSSR count).